The van der Waals surface area contributed by atoms with E-state index in [1.165, 1.54) is 27.4 Å². The molecule has 5 rings (SSSR count). The van der Waals surface area contributed by atoms with Crippen LogP contribution < -0.4 is 0 Å². The number of hydrogen-bond donors (Lipinski definition) is 0. The van der Waals surface area contributed by atoms with Crippen LogP contribution in [0.2, 0.25) is 0 Å². The number of ether oxygens (including phenoxy) is 2. The van der Waals surface area contributed by atoms with Crippen molar-refractivity contribution in [2.24, 2.45) is 0 Å². The molecule has 1 saturated carbocycles. The third kappa shape index (κ3) is 4.71. The highest BCUT2D eigenvalue weighted by atomic mass is 32.2. The quantitative estimate of drug-likeness (QED) is 0.580. The summed E-state index contributed by atoms with van der Waals surface area (Å²) in [6.07, 6.45) is 1.69. The van der Waals surface area contributed by atoms with Crippen LogP contribution in [0.1, 0.15) is 43.7 Å². The average molecular weight is 525 g/mol. The lowest BCUT2D eigenvalue weighted by atomic mass is 9.90. The summed E-state index contributed by atoms with van der Waals surface area (Å²) in [7, 11) is -4.53. The third-order valence-electron chi connectivity index (χ3n) is 7.16. The van der Waals surface area contributed by atoms with Crippen molar-refractivity contribution in [3.8, 4) is 0 Å². The first-order valence-corrected chi connectivity index (χ1v) is 13.4. The van der Waals surface area contributed by atoms with Gasteiger partial charge in [0.1, 0.15) is 27.9 Å². The second-order valence-electron chi connectivity index (χ2n) is 9.46. The van der Waals surface area contributed by atoms with Crippen LogP contribution >= 0.6 is 0 Å². The Hall–Kier alpha value is -2.63. The molecule has 0 bridgehead atoms. The fourth-order valence-electron chi connectivity index (χ4n) is 5.24. The van der Waals surface area contributed by atoms with E-state index in [1.807, 2.05) is 0 Å². The normalized spacial score (nSPS) is 24.4. The molecule has 0 aromatic heterocycles. The Morgan fingerprint density at radius 3 is 2.39 bits per heavy atom. The Morgan fingerprint density at radius 1 is 1.00 bits per heavy atom. The van der Waals surface area contributed by atoms with Crippen LogP contribution in [0, 0.1) is 17.5 Å². The van der Waals surface area contributed by atoms with Crippen molar-refractivity contribution >= 4 is 16.1 Å². The number of halogens is 3. The number of sulfonamides is 1. The number of nitrogens with zero attached hydrogens (tertiary/aromatic N) is 2. The van der Waals surface area contributed by atoms with Gasteiger partial charge in [-0.1, -0.05) is 12.1 Å². The van der Waals surface area contributed by atoms with Crippen molar-refractivity contribution in [1.29, 1.82) is 0 Å². The molecule has 0 radical (unpaired) electrons. The summed E-state index contributed by atoms with van der Waals surface area (Å²) in [5.74, 6) is -2.64. The van der Waals surface area contributed by atoms with E-state index in [9.17, 15) is 26.4 Å². The molecule has 36 heavy (non-hydrogen) atoms. The van der Waals surface area contributed by atoms with E-state index < -0.39 is 56.1 Å². The zero-order valence-electron chi connectivity index (χ0n) is 19.5. The molecule has 1 amide bonds. The molecule has 194 valence electrons. The molecule has 0 unspecified atom stereocenters. The maximum absolute atomic E-state index is 14.8. The summed E-state index contributed by atoms with van der Waals surface area (Å²) in [6, 6.07) is 6.33. The number of rotatable bonds is 5. The summed E-state index contributed by atoms with van der Waals surface area (Å²) < 4.78 is 82.8. The number of morpholine rings is 1. The molecular formula is C25H27F3N2O5S. The molecule has 2 atom stereocenters. The maximum Gasteiger partial charge on any atom is 0.410 e. The molecule has 2 aliphatic heterocycles. The standard InChI is InChI=1S/C25H27F3N2O5S/c26-18-4-1-3-17(15-18)21-5-2-6-23(25(9-10-25)35-24(31)29-11-13-34-14-12-29)30(21)36(32,33)22-8-7-19(27)16-20(22)28/h1,3-4,7-8,15-16,21,23H,2,5-6,9-14H2/t21-,23+/m0/s1. The van der Waals surface area contributed by atoms with Gasteiger partial charge in [0.15, 0.2) is 0 Å². The second-order valence-corrected chi connectivity index (χ2v) is 11.3. The van der Waals surface area contributed by atoms with Crippen LogP contribution in [0.5, 0.6) is 0 Å². The number of benzene rings is 2. The van der Waals surface area contributed by atoms with E-state index in [4.69, 9.17) is 9.47 Å². The monoisotopic (exact) mass is 524 g/mol. The van der Waals surface area contributed by atoms with E-state index in [1.54, 1.807) is 6.07 Å². The Labute approximate surface area is 207 Å². The Bertz CT molecular complexity index is 1250. The molecule has 11 heteroatoms. The molecule has 2 aromatic rings. The number of carbonyl (C=O) groups is 1. The summed E-state index contributed by atoms with van der Waals surface area (Å²) >= 11 is 0. The van der Waals surface area contributed by atoms with Crippen molar-refractivity contribution in [1.82, 2.24) is 9.21 Å². The Balaban J connectivity index is 1.55. The summed E-state index contributed by atoms with van der Waals surface area (Å²) in [4.78, 5) is 13.8. The maximum atomic E-state index is 14.8. The van der Waals surface area contributed by atoms with Crippen LogP contribution in [-0.4, -0.2) is 61.7 Å². The van der Waals surface area contributed by atoms with Gasteiger partial charge in [-0.3, -0.25) is 0 Å². The largest absolute Gasteiger partial charge is 0.441 e. The average Bonchev–Trinajstić information content (AvgIpc) is 3.64. The van der Waals surface area contributed by atoms with Gasteiger partial charge in [-0.15, -0.1) is 0 Å². The predicted molar refractivity (Wildman–Crippen MR) is 123 cm³/mol. The topological polar surface area (TPSA) is 76.2 Å². The van der Waals surface area contributed by atoms with Crippen LogP contribution in [0.15, 0.2) is 47.4 Å². The number of amides is 1. The van der Waals surface area contributed by atoms with E-state index >= 15 is 0 Å². The number of piperidine rings is 1. The summed E-state index contributed by atoms with van der Waals surface area (Å²) in [6.45, 7) is 1.51. The highest BCUT2D eigenvalue weighted by Gasteiger charge is 2.60. The molecular weight excluding hydrogens is 497 g/mol. The van der Waals surface area contributed by atoms with Crippen LogP contribution in [0.3, 0.4) is 0 Å². The van der Waals surface area contributed by atoms with Crippen LogP contribution in [0.4, 0.5) is 18.0 Å². The molecule has 3 fully saturated rings. The number of carbonyl (C=O) groups excluding carboxylic acids is 1. The van der Waals surface area contributed by atoms with E-state index in [2.05, 4.69) is 0 Å². The molecule has 1 aliphatic carbocycles. The van der Waals surface area contributed by atoms with E-state index in [0.29, 0.717) is 70.0 Å². The fraction of sp³-hybridized carbons (Fsp3) is 0.480. The van der Waals surface area contributed by atoms with Gasteiger partial charge >= 0.3 is 6.09 Å². The smallest absolute Gasteiger partial charge is 0.410 e. The van der Waals surface area contributed by atoms with Gasteiger partial charge < -0.3 is 14.4 Å². The first-order valence-electron chi connectivity index (χ1n) is 12.0. The third-order valence-corrected chi connectivity index (χ3v) is 9.11. The molecule has 0 spiro atoms. The van der Waals surface area contributed by atoms with Crippen molar-refractivity contribution < 1.29 is 35.9 Å². The van der Waals surface area contributed by atoms with Crippen molar-refractivity contribution in [3.63, 3.8) is 0 Å². The first kappa shape index (κ1) is 25.0. The molecule has 0 N–H and O–H groups in total. The zero-order chi connectivity index (χ0) is 25.5. The number of hydrogen-bond acceptors (Lipinski definition) is 5. The van der Waals surface area contributed by atoms with Gasteiger partial charge in [-0.25, -0.2) is 26.4 Å². The van der Waals surface area contributed by atoms with Gasteiger partial charge in [-0.05, 0) is 61.9 Å². The zero-order valence-corrected chi connectivity index (χ0v) is 20.4. The summed E-state index contributed by atoms with van der Waals surface area (Å²) in [5, 5.41) is 0. The van der Waals surface area contributed by atoms with E-state index in [-0.39, 0.29) is 0 Å². The van der Waals surface area contributed by atoms with Crippen LogP contribution in [0.25, 0.3) is 0 Å². The lowest BCUT2D eigenvalue weighted by molar-refractivity contribution is -0.0253. The molecule has 3 aliphatic rings. The minimum Gasteiger partial charge on any atom is -0.441 e. The second kappa shape index (κ2) is 9.68. The lowest BCUT2D eigenvalue weighted by Crippen LogP contribution is -2.54. The SMILES string of the molecule is O=C(OC1([C@H]2CCC[C@@H](c3cccc(F)c3)N2S(=O)(=O)c2ccc(F)cc2F)CC1)N1CCOCC1. The van der Waals surface area contributed by atoms with E-state index in [0.717, 1.165) is 12.1 Å². The minimum absolute atomic E-state index is 0.369. The summed E-state index contributed by atoms with van der Waals surface area (Å²) in [5.41, 5.74) is -0.661. The van der Waals surface area contributed by atoms with Gasteiger partial charge in [0.25, 0.3) is 0 Å². The molecule has 2 saturated heterocycles. The fourth-order valence-corrected chi connectivity index (χ4v) is 7.21. The molecule has 2 heterocycles. The van der Waals surface area contributed by atoms with Crippen molar-refractivity contribution in [3.05, 3.63) is 65.5 Å². The van der Waals surface area contributed by atoms with Gasteiger partial charge in [0, 0.05) is 19.2 Å². The first-order chi connectivity index (χ1) is 17.2. The van der Waals surface area contributed by atoms with Gasteiger partial charge in [-0.2, -0.15) is 4.31 Å². The van der Waals surface area contributed by atoms with Gasteiger partial charge in [0.05, 0.1) is 25.3 Å². The van der Waals surface area contributed by atoms with Crippen molar-refractivity contribution in [2.75, 3.05) is 26.3 Å². The Kier molecular flexibility index (Phi) is 6.73. The highest BCUT2D eigenvalue weighted by molar-refractivity contribution is 7.89. The van der Waals surface area contributed by atoms with Crippen molar-refractivity contribution in [2.45, 2.75) is 54.7 Å². The Morgan fingerprint density at radius 2 is 1.72 bits per heavy atom. The molecule has 2 aromatic carbocycles. The predicted octanol–water partition coefficient (Wildman–Crippen LogP) is 4.39. The van der Waals surface area contributed by atoms with Gasteiger partial charge in [0.2, 0.25) is 10.0 Å². The lowest BCUT2D eigenvalue weighted by Gasteiger charge is -2.44. The highest BCUT2D eigenvalue weighted by Crippen LogP contribution is 2.52. The van der Waals surface area contributed by atoms with Crippen LogP contribution in [-0.2, 0) is 19.5 Å². The minimum atomic E-state index is -4.53. The molecule has 7 nitrogen and oxygen atoms in total.